The third kappa shape index (κ3) is 1.66. The van der Waals surface area contributed by atoms with Crippen molar-refractivity contribution in [3.8, 4) is 5.75 Å². The van der Waals surface area contributed by atoms with Gasteiger partial charge in [0, 0.05) is 12.0 Å². The summed E-state index contributed by atoms with van der Waals surface area (Å²) in [5, 5.41) is 0. The number of hydrogen-bond acceptors (Lipinski definition) is 3. The first-order valence-electron chi connectivity index (χ1n) is 4.93. The van der Waals surface area contributed by atoms with E-state index in [-0.39, 0.29) is 5.60 Å². The summed E-state index contributed by atoms with van der Waals surface area (Å²) in [6.45, 7) is 5.96. The summed E-state index contributed by atoms with van der Waals surface area (Å²) < 4.78 is 5.79. The minimum Gasteiger partial charge on any atom is -0.485 e. The van der Waals surface area contributed by atoms with Gasteiger partial charge in [0.2, 0.25) is 6.08 Å². The van der Waals surface area contributed by atoms with Crippen LogP contribution in [0, 0.1) is 6.92 Å². The molecular weight excluding hydrogens is 190 g/mol. The lowest BCUT2D eigenvalue weighted by Crippen LogP contribution is -2.24. The maximum atomic E-state index is 10.3. The maximum absolute atomic E-state index is 10.3. The summed E-state index contributed by atoms with van der Waals surface area (Å²) in [5.74, 6) is 0.739. The van der Waals surface area contributed by atoms with Crippen molar-refractivity contribution in [3.05, 3.63) is 23.3 Å². The van der Waals surface area contributed by atoms with Gasteiger partial charge in [0.1, 0.15) is 17.0 Å². The number of nitrogens with zero attached hydrogens (tertiary/aromatic N) is 1. The van der Waals surface area contributed by atoms with Gasteiger partial charge >= 0.3 is 0 Å². The molecule has 0 spiro atoms. The summed E-state index contributed by atoms with van der Waals surface area (Å²) in [6.07, 6.45) is 2.43. The largest absolute Gasteiger partial charge is 0.485 e. The third-order valence-corrected chi connectivity index (χ3v) is 2.57. The molecule has 1 aromatic carbocycles. The molecule has 1 aliphatic rings. The standard InChI is InChI=1S/C12H13NO2/c1-8-4-5-9-6-12(2,3)15-11(9)10(8)13-7-14/h4-5H,6H2,1-3H3. The van der Waals surface area contributed by atoms with Crippen LogP contribution in [0.4, 0.5) is 5.69 Å². The number of ether oxygens (including phenoxy) is 1. The Kier molecular flexibility index (Phi) is 2.13. The smallest absolute Gasteiger partial charge is 0.240 e. The molecule has 0 radical (unpaired) electrons. The van der Waals surface area contributed by atoms with Crippen molar-refractivity contribution in [2.75, 3.05) is 0 Å². The number of aryl methyl sites for hydroxylation is 1. The van der Waals surface area contributed by atoms with Gasteiger partial charge in [-0.1, -0.05) is 12.1 Å². The third-order valence-electron chi connectivity index (χ3n) is 2.57. The summed E-state index contributed by atoms with van der Waals surface area (Å²) >= 11 is 0. The van der Waals surface area contributed by atoms with E-state index in [1.165, 1.54) is 0 Å². The molecular formula is C12H13NO2. The van der Waals surface area contributed by atoms with Crippen molar-refractivity contribution in [3.63, 3.8) is 0 Å². The molecule has 1 aromatic rings. The SMILES string of the molecule is Cc1ccc2c(c1N=C=O)OC(C)(C)C2. The second-order valence-electron chi connectivity index (χ2n) is 4.46. The van der Waals surface area contributed by atoms with E-state index in [0.717, 1.165) is 23.3 Å². The van der Waals surface area contributed by atoms with Crippen LogP contribution in [-0.2, 0) is 11.2 Å². The van der Waals surface area contributed by atoms with Crippen molar-refractivity contribution in [2.24, 2.45) is 4.99 Å². The van der Waals surface area contributed by atoms with Gasteiger partial charge in [-0.15, -0.1) is 0 Å². The predicted octanol–water partition coefficient (Wildman–Crippen LogP) is 2.68. The highest BCUT2D eigenvalue weighted by atomic mass is 16.5. The van der Waals surface area contributed by atoms with Gasteiger partial charge in [-0.3, -0.25) is 0 Å². The topological polar surface area (TPSA) is 38.7 Å². The van der Waals surface area contributed by atoms with E-state index in [1.54, 1.807) is 6.08 Å². The molecule has 0 N–H and O–H groups in total. The molecule has 0 unspecified atom stereocenters. The lowest BCUT2D eigenvalue weighted by atomic mass is 10.0. The quantitative estimate of drug-likeness (QED) is 0.520. The molecule has 0 saturated carbocycles. The molecule has 1 heterocycles. The van der Waals surface area contributed by atoms with E-state index >= 15 is 0 Å². The van der Waals surface area contributed by atoms with Crippen molar-refractivity contribution in [2.45, 2.75) is 32.8 Å². The second-order valence-corrected chi connectivity index (χ2v) is 4.46. The molecule has 3 nitrogen and oxygen atoms in total. The number of fused-ring (bicyclic) bond motifs is 1. The Morgan fingerprint density at radius 2 is 2.20 bits per heavy atom. The van der Waals surface area contributed by atoms with Gasteiger partial charge < -0.3 is 4.74 Å². The maximum Gasteiger partial charge on any atom is 0.240 e. The van der Waals surface area contributed by atoms with E-state index in [2.05, 4.69) is 4.99 Å². The Balaban J connectivity index is 2.59. The first kappa shape index (κ1) is 9.94. The highest BCUT2D eigenvalue weighted by Crippen LogP contribution is 2.43. The van der Waals surface area contributed by atoms with Crippen LogP contribution < -0.4 is 4.74 Å². The summed E-state index contributed by atoms with van der Waals surface area (Å²) in [7, 11) is 0. The zero-order chi connectivity index (χ0) is 11.1. The van der Waals surface area contributed by atoms with Crippen molar-refractivity contribution < 1.29 is 9.53 Å². The number of isocyanates is 1. The molecule has 0 aromatic heterocycles. The van der Waals surface area contributed by atoms with Crippen LogP contribution in [0.3, 0.4) is 0 Å². The average Bonchev–Trinajstić information content (AvgIpc) is 2.46. The van der Waals surface area contributed by atoms with E-state index in [0.29, 0.717) is 5.69 Å². The zero-order valence-corrected chi connectivity index (χ0v) is 9.13. The molecule has 0 amide bonds. The molecule has 0 bridgehead atoms. The predicted molar refractivity (Wildman–Crippen MR) is 57.4 cm³/mol. The van der Waals surface area contributed by atoms with E-state index < -0.39 is 0 Å². The lowest BCUT2D eigenvalue weighted by molar-refractivity contribution is 0.139. The summed E-state index contributed by atoms with van der Waals surface area (Å²) in [4.78, 5) is 14.1. The first-order chi connectivity index (χ1) is 7.03. The first-order valence-corrected chi connectivity index (χ1v) is 4.93. The van der Waals surface area contributed by atoms with Crippen molar-refractivity contribution in [1.82, 2.24) is 0 Å². The minimum absolute atomic E-state index is 0.205. The van der Waals surface area contributed by atoms with Crippen LogP contribution in [0.15, 0.2) is 17.1 Å². The van der Waals surface area contributed by atoms with Crippen molar-refractivity contribution in [1.29, 1.82) is 0 Å². The number of benzene rings is 1. The Morgan fingerprint density at radius 1 is 1.47 bits per heavy atom. The fourth-order valence-electron chi connectivity index (χ4n) is 1.92. The Bertz CT molecular complexity index is 457. The minimum atomic E-state index is -0.205. The Labute approximate surface area is 88.8 Å². The molecule has 78 valence electrons. The van der Waals surface area contributed by atoms with Crippen LogP contribution in [0.25, 0.3) is 0 Å². The number of hydrogen-bond donors (Lipinski definition) is 0. The fourth-order valence-corrected chi connectivity index (χ4v) is 1.92. The number of rotatable bonds is 1. The number of aliphatic imine (C=N–C) groups is 1. The van der Waals surface area contributed by atoms with Crippen LogP contribution >= 0.6 is 0 Å². The fraction of sp³-hybridized carbons (Fsp3) is 0.417. The highest BCUT2D eigenvalue weighted by Gasteiger charge is 2.32. The monoisotopic (exact) mass is 203 g/mol. The Hall–Kier alpha value is -1.60. The van der Waals surface area contributed by atoms with Gasteiger partial charge in [0.05, 0.1) is 0 Å². The molecule has 15 heavy (non-hydrogen) atoms. The second kappa shape index (κ2) is 3.21. The lowest BCUT2D eigenvalue weighted by Gasteiger charge is -2.17. The molecule has 0 aliphatic carbocycles. The van der Waals surface area contributed by atoms with Crippen LogP contribution in [-0.4, -0.2) is 11.7 Å². The van der Waals surface area contributed by atoms with E-state index in [9.17, 15) is 4.79 Å². The molecule has 3 heteroatoms. The van der Waals surface area contributed by atoms with Gasteiger partial charge in [0.25, 0.3) is 0 Å². The van der Waals surface area contributed by atoms with E-state index in [1.807, 2.05) is 32.9 Å². The van der Waals surface area contributed by atoms with Gasteiger partial charge in [-0.05, 0) is 26.3 Å². The molecule has 1 aliphatic heterocycles. The molecule has 0 atom stereocenters. The van der Waals surface area contributed by atoms with Crippen LogP contribution in [0.2, 0.25) is 0 Å². The van der Waals surface area contributed by atoms with Gasteiger partial charge in [-0.2, -0.15) is 4.99 Å². The highest BCUT2D eigenvalue weighted by molar-refractivity contribution is 5.66. The average molecular weight is 203 g/mol. The summed E-state index contributed by atoms with van der Waals surface area (Å²) in [6, 6.07) is 3.99. The normalized spacial score (nSPS) is 16.5. The molecule has 0 fully saturated rings. The molecule has 2 rings (SSSR count). The summed E-state index contributed by atoms with van der Waals surface area (Å²) in [5.41, 5.74) is 2.46. The molecule has 0 saturated heterocycles. The van der Waals surface area contributed by atoms with Crippen molar-refractivity contribution >= 4 is 11.8 Å². The van der Waals surface area contributed by atoms with Crippen LogP contribution in [0.1, 0.15) is 25.0 Å². The Morgan fingerprint density at radius 3 is 2.87 bits per heavy atom. The van der Waals surface area contributed by atoms with Crippen LogP contribution in [0.5, 0.6) is 5.75 Å². The number of carbonyl (C=O) groups excluding carboxylic acids is 1. The van der Waals surface area contributed by atoms with E-state index in [4.69, 9.17) is 4.74 Å². The van der Waals surface area contributed by atoms with Gasteiger partial charge in [-0.25, -0.2) is 4.79 Å². The zero-order valence-electron chi connectivity index (χ0n) is 9.13. The van der Waals surface area contributed by atoms with Gasteiger partial charge in [0.15, 0.2) is 0 Å².